The number of aromatic nitrogens is 2. The monoisotopic (exact) mass is 584 g/mol. The molecule has 0 bridgehead atoms. The van der Waals surface area contributed by atoms with Crippen molar-refractivity contribution in [2.45, 2.75) is 0 Å². The number of nitrogens with zero attached hydrogens (tertiary/aromatic N) is 2. The Kier molecular flexibility index (Phi) is 4.58. The summed E-state index contributed by atoms with van der Waals surface area (Å²) in [5.41, 5.74) is 9.99. The molecule has 0 aliphatic rings. The van der Waals surface area contributed by atoms with Gasteiger partial charge < -0.3 is 8.82 Å². The summed E-state index contributed by atoms with van der Waals surface area (Å²) in [4.78, 5) is 4.64. The Morgan fingerprint density at radius 3 is 1.91 bits per heavy atom. The van der Waals surface area contributed by atoms with Gasteiger partial charge in [0.15, 0.2) is 0 Å². The number of pyridine rings is 1. The van der Waals surface area contributed by atoms with Crippen molar-refractivity contribution in [2.24, 2.45) is 0 Å². The second-order valence-corrected chi connectivity index (χ2v) is 12.3. The Hall–Kier alpha value is -6.19. The molecule has 0 aliphatic heterocycles. The number of benzene rings is 7. The van der Waals surface area contributed by atoms with Gasteiger partial charge in [-0.2, -0.15) is 0 Å². The standard InChI is InChI=1S/C43H24N2O/c1-3-12-31-28(9-1)29-10-2-4-13-32(29)43-41(31)33-18-16-25(24-40(33)46-43)27-22-35-30-11-5-6-15-38(30)45-39-19-17-26(37-14-7-8-20-44-37)21-34(39)36(23-27)42(35)45/h1-24H. The second kappa shape index (κ2) is 8.71. The van der Waals surface area contributed by atoms with Crippen LogP contribution in [0.2, 0.25) is 0 Å². The van der Waals surface area contributed by atoms with E-state index in [2.05, 4.69) is 137 Å². The zero-order valence-electron chi connectivity index (χ0n) is 24.7. The van der Waals surface area contributed by atoms with Crippen LogP contribution in [0.4, 0.5) is 0 Å². The average Bonchev–Trinajstić information content (AvgIpc) is 3.78. The highest BCUT2D eigenvalue weighted by molar-refractivity contribution is 6.30. The van der Waals surface area contributed by atoms with Gasteiger partial charge in [-0.05, 0) is 81.9 Å². The van der Waals surface area contributed by atoms with E-state index in [0.29, 0.717) is 0 Å². The van der Waals surface area contributed by atoms with Gasteiger partial charge in [0.1, 0.15) is 11.2 Å². The molecular formula is C43H24N2O. The lowest BCUT2D eigenvalue weighted by molar-refractivity contribution is 0.673. The highest BCUT2D eigenvalue weighted by Crippen LogP contribution is 2.45. The lowest BCUT2D eigenvalue weighted by Gasteiger charge is -2.06. The molecule has 0 N–H and O–H groups in total. The molecule has 212 valence electrons. The first-order chi connectivity index (χ1) is 22.8. The molecule has 0 atom stereocenters. The molecule has 0 aliphatic carbocycles. The van der Waals surface area contributed by atoms with E-state index in [4.69, 9.17) is 4.42 Å². The predicted molar refractivity (Wildman–Crippen MR) is 192 cm³/mol. The third-order valence-electron chi connectivity index (χ3n) is 9.94. The van der Waals surface area contributed by atoms with Crippen LogP contribution in [0.5, 0.6) is 0 Å². The first-order valence-corrected chi connectivity index (χ1v) is 15.7. The molecule has 0 unspecified atom stereocenters. The Bertz CT molecular complexity index is 3020. The van der Waals surface area contributed by atoms with Crippen LogP contribution in [0, 0.1) is 0 Å². The van der Waals surface area contributed by atoms with Crippen molar-refractivity contribution in [2.75, 3.05) is 0 Å². The van der Waals surface area contributed by atoms with Crippen molar-refractivity contribution in [1.82, 2.24) is 9.38 Å². The third-order valence-corrected chi connectivity index (χ3v) is 9.94. The minimum Gasteiger partial charge on any atom is -0.455 e. The maximum Gasteiger partial charge on any atom is 0.143 e. The van der Waals surface area contributed by atoms with Gasteiger partial charge in [0.25, 0.3) is 0 Å². The van der Waals surface area contributed by atoms with E-state index in [-0.39, 0.29) is 0 Å². The van der Waals surface area contributed by atoms with Gasteiger partial charge in [0.2, 0.25) is 0 Å². The van der Waals surface area contributed by atoms with Crippen LogP contribution in [0.15, 0.2) is 150 Å². The first kappa shape index (κ1) is 24.2. The number of fused-ring (bicyclic) bond motifs is 14. The summed E-state index contributed by atoms with van der Waals surface area (Å²) in [5.74, 6) is 0. The van der Waals surface area contributed by atoms with Crippen molar-refractivity contribution >= 4 is 81.6 Å². The Balaban J connectivity index is 1.21. The molecule has 0 saturated carbocycles. The Morgan fingerprint density at radius 1 is 0.435 bits per heavy atom. The Morgan fingerprint density at radius 2 is 1.09 bits per heavy atom. The summed E-state index contributed by atoms with van der Waals surface area (Å²) < 4.78 is 9.19. The van der Waals surface area contributed by atoms with E-state index in [1.165, 1.54) is 65.2 Å². The van der Waals surface area contributed by atoms with Gasteiger partial charge in [-0.1, -0.05) is 84.9 Å². The summed E-state index contributed by atoms with van der Waals surface area (Å²) >= 11 is 0. The summed E-state index contributed by atoms with van der Waals surface area (Å²) in [6, 6.07) is 50.3. The van der Waals surface area contributed by atoms with Crippen molar-refractivity contribution < 1.29 is 4.42 Å². The summed E-state index contributed by atoms with van der Waals surface area (Å²) in [6.45, 7) is 0. The lowest BCUT2D eigenvalue weighted by atomic mass is 9.95. The maximum absolute atomic E-state index is 6.76. The van der Waals surface area contributed by atoms with E-state index in [0.717, 1.165) is 38.8 Å². The van der Waals surface area contributed by atoms with E-state index in [1.54, 1.807) is 0 Å². The highest BCUT2D eigenvalue weighted by Gasteiger charge is 2.21. The minimum atomic E-state index is 0.908. The van der Waals surface area contributed by atoms with Gasteiger partial charge in [-0.15, -0.1) is 0 Å². The molecule has 3 heteroatoms. The van der Waals surface area contributed by atoms with Crippen LogP contribution in [0.3, 0.4) is 0 Å². The van der Waals surface area contributed by atoms with Crippen molar-refractivity contribution in [1.29, 1.82) is 0 Å². The van der Waals surface area contributed by atoms with Crippen LogP contribution in [-0.4, -0.2) is 9.38 Å². The molecule has 3 nitrogen and oxygen atoms in total. The van der Waals surface area contributed by atoms with Crippen molar-refractivity contribution in [3.8, 4) is 22.4 Å². The largest absolute Gasteiger partial charge is 0.455 e. The molecular weight excluding hydrogens is 560 g/mol. The molecule has 0 radical (unpaired) electrons. The molecule has 0 amide bonds. The van der Waals surface area contributed by atoms with Gasteiger partial charge in [0, 0.05) is 49.5 Å². The minimum absolute atomic E-state index is 0.908. The van der Waals surface area contributed by atoms with E-state index < -0.39 is 0 Å². The van der Waals surface area contributed by atoms with Crippen LogP contribution in [0.1, 0.15) is 0 Å². The van der Waals surface area contributed by atoms with Gasteiger partial charge >= 0.3 is 0 Å². The molecule has 4 heterocycles. The lowest BCUT2D eigenvalue weighted by Crippen LogP contribution is -1.83. The summed E-state index contributed by atoms with van der Waals surface area (Å²) in [7, 11) is 0. The molecule has 0 saturated heterocycles. The molecule has 0 fully saturated rings. The first-order valence-electron chi connectivity index (χ1n) is 15.7. The number of hydrogen-bond donors (Lipinski definition) is 0. The summed E-state index contributed by atoms with van der Waals surface area (Å²) in [5, 5.41) is 12.2. The SMILES string of the molecule is c1ccc(-c2ccc3c(c2)c2cc(-c4ccc5c(c4)oc4c6ccccc6c6ccccc6c54)cc4c5ccccc5n3c42)nc1. The van der Waals surface area contributed by atoms with Gasteiger partial charge in [0.05, 0.1) is 22.2 Å². The highest BCUT2D eigenvalue weighted by atomic mass is 16.3. The van der Waals surface area contributed by atoms with E-state index >= 15 is 0 Å². The molecule has 0 spiro atoms. The fourth-order valence-electron chi connectivity index (χ4n) is 7.94. The number of para-hydroxylation sites is 1. The van der Waals surface area contributed by atoms with Crippen LogP contribution < -0.4 is 0 Å². The van der Waals surface area contributed by atoms with Gasteiger partial charge in [-0.25, -0.2) is 0 Å². The number of hydrogen-bond acceptors (Lipinski definition) is 2. The molecule has 7 aromatic carbocycles. The number of furan rings is 1. The average molecular weight is 585 g/mol. The van der Waals surface area contributed by atoms with Crippen molar-refractivity contribution in [3.63, 3.8) is 0 Å². The van der Waals surface area contributed by atoms with E-state index in [9.17, 15) is 0 Å². The zero-order valence-corrected chi connectivity index (χ0v) is 24.7. The van der Waals surface area contributed by atoms with Crippen LogP contribution in [0.25, 0.3) is 104 Å². The molecule has 4 aromatic heterocycles. The van der Waals surface area contributed by atoms with E-state index in [1.807, 2.05) is 18.3 Å². The summed E-state index contributed by atoms with van der Waals surface area (Å²) in [6.07, 6.45) is 1.86. The fraction of sp³-hybridized carbons (Fsp3) is 0. The topological polar surface area (TPSA) is 30.4 Å². The fourth-order valence-corrected chi connectivity index (χ4v) is 7.94. The van der Waals surface area contributed by atoms with Crippen LogP contribution in [-0.2, 0) is 0 Å². The van der Waals surface area contributed by atoms with Crippen LogP contribution >= 0.6 is 0 Å². The molecule has 11 aromatic rings. The predicted octanol–water partition coefficient (Wildman–Crippen LogP) is 11.8. The molecule has 11 rings (SSSR count). The maximum atomic E-state index is 6.76. The third kappa shape index (κ3) is 3.09. The van der Waals surface area contributed by atoms with Gasteiger partial charge in [-0.3, -0.25) is 4.98 Å². The zero-order chi connectivity index (χ0) is 29.9. The van der Waals surface area contributed by atoms with Crippen molar-refractivity contribution in [3.05, 3.63) is 146 Å². The molecule has 46 heavy (non-hydrogen) atoms. The quantitative estimate of drug-likeness (QED) is 0.189. The number of rotatable bonds is 2. The Labute approximate surface area is 262 Å². The smallest absolute Gasteiger partial charge is 0.143 e. The second-order valence-electron chi connectivity index (χ2n) is 12.3. The normalized spacial score (nSPS) is 12.3.